The van der Waals surface area contributed by atoms with Crippen LogP contribution in [0, 0.1) is 6.92 Å². The number of amides is 1. The number of nitrogens with one attached hydrogen (secondary N) is 1. The highest BCUT2D eigenvalue weighted by Gasteiger charge is 2.13. The average Bonchev–Trinajstić information content (AvgIpc) is 3.04. The minimum atomic E-state index is -0.127. The van der Waals surface area contributed by atoms with Crippen LogP contribution in [-0.4, -0.2) is 21.2 Å². The Morgan fingerprint density at radius 1 is 1.40 bits per heavy atom. The number of fused-ring (bicyclic) bond motifs is 1. The Morgan fingerprint density at radius 2 is 2.20 bits per heavy atom. The Kier molecular flexibility index (Phi) is 5.61. The molecule has 1 N–H and O–H groups in total. The highest BCUT2D eigenvalue weighted by atomic mass is 79.9. The predicted molar refractivity (Wildman–Crippen MR) is 108 cm³/mol. The molecule has 0 bridgehead atoms. The first kappa shape index (κ1) is 18.2. The van der Waals surface area contributed by atoms with Gasteiger partial charge in [-0.1, -0.05) is 27.7 Å². The van der Waals surface area contributed by atoms with Gasteiger partial charge in [0, 0.05) is 16.7 Å². The van der Waals surface area contributed by atoms with Crippen LogP contribution in [0.25, 0.3) is 10.2 Å². The van der Waals surface area contributed by atoms with Gasteiger partial charge >= 0.3 is 0 Å². The number of aromatic nitrogens is 2. The van der Waals surface area contributed by atoms with Crippen LogP contribution in [0.3, 0.4) is 0 Å². The first-order valence-corrected chi connectivity index (χ1v) is 10.3. The molecule has 25 heavy (non-hydrogen) atoms. The van der Waals surface area contributed by atoms with Crippen molar-refractivity contribution in [2.75, 3.05) is 11.1 Å². The molecule has 0 unspecified atom stereocenters. The predicted octanol–water partition coefficient (Wildman–Crippen LogP) is 4.28. The standard InChI is InChI=1S/C17H16BrN3O2S2/c1-3-21-16(23)15-13(6-7-24-15)20-17(21)25-9-14(22)19-12-5-4-11(18)8-10(12)2/h4-8H,3,9H2,1-2H3,(H,19,22). The van der Waals surface area contributed by atoms with E-state index in [0.29, 0.717) is 21.9 Å². The second-order valence-corrected chi connectivity index (χ2v) is 8.15. The summed E-state index contributed by atoms with van der Waals surface area (Å²) < 4.78 is 3.24. The van der Waals surface area contributed by atoms with Crippen LogP contribution < -0.4 is 10.9 Å². The average molecular weight is 438 g/mol. The zero-order valence-corrected chi connectivity index (χ0v) is 16.9. The lowest BCUT2D eigenvalue weighted by atomic mass is 10.2. The number of aryl methyl sites for hydroxylation is 1. The molecule has 0 aliphatic rings. The molecule has 0 radical (unpaired) electrons. The second kappa shape index (κ2) is 7.72. The van der Waals surface area contributed by atoms with Crippen LogP contribution in [0.2, 0.25) is 0 Å². The molecule has 2 aromatic heterocycles. The summed E-state index contributed by atoms with van der Waals surface area (Å²) in [5.74, 6) is 0.0650. The lowest BCUT2D eigenvalue weighted by Gasteiger charge is -2.11. The van der Waals surface area contributed by atoms with E-state index >= 15 is 0 Å². The van der Waals surface area contributed by atoms with Crippen molar-refractivity contribution in [3.63, 3.8) is 0 Å². The Balaban J connectivity index is 1.75. The van der Waals surface area contributed by atoms with Crippen LogP contribution >= 0.6 is 39.0 Å². The molecule has 0 fully saturated rings. The Morgan fingerprint density at radius 3 is 2.92 bits per heavy atom. The lowest BCUT2D eigenvalue weighted by molar-refractivity contribution is -0.113. The molecule has 0 atom stereocenters. The summed E-state index contributed by atoms with van der Waals surface area (Å²) >= 11 is 6.07. The van der Waals surface area contributed by atoms with Crippen LogP contribution in [0.4, 0.5) is 5.69 Å². The lowest BCUT2D eigenvalue weighted by Crippen LogP contribution is -2.22. The Hall–Kier alpha value is -1.64. The molecule has 0 aliphatic heterocycles. The molecule has 1 aromatic carbocycles. The molecule has 3 aromatic rings. The van der Waals surface area contributed by atoms with Gasteiger partial charge in [-0.15, -0.1) is 11.3 Å². The maximum absolute atomic E-state index is 12.5. The Bertz CT molecular complexity index is 997. The van der Waals surface area contributed by atoms with Crippen molar-refractivity contribution in [2.24, 2.45) is 0 Å². The third-order valence-corrected chi connectivity index (χ3v) is 6.00. The molecule has 3 rings (SSSR count). The summed E-state index contributed by atoms with van der Waals surface area (Å²) in [7, 11) is 0. The van der Waals surface area contributed by atoms with Gasteiger partial charge in [-0.25, -0.2) is 4.98 Å². The summed E-state index contributed by atoms with van der Waals surface area (Å²) in [6.45, 7) is 4.36. The third-order valence-electron chi connectivity index (χ3n) is 3.64. The molecule has 2 heterocycles. The van der Waals surface area contributed by atoms with E-state index in [1.54, 1.807) is 4.57 Å². The summed E-state index contributed by atoms with van der Waals surface area (Å²) in [5.41, 5.74) is 2.40. The van der Waals surface area contributed by atoms with Crippen LogP contribution in [0.1, 0.15) is 12.5 Å². The van der Waals surface area contributed by atoms with Gasteiger partial charge in [0.15, 0.2) is 5.16 Å². The van der Waals surface area contributed by atoms with Crippen molar-refractivity contribution < 1.29 is 4.79 Å². The minimum Gasteiger partial charge on any atom is -0.325 e. The number of carbonyl (C=O) groups is 1. The molecule has 0 saturated carbocycles. The van der Waals surface area contributed by atoms with Crippen molar-refractivity contribution in [2.45, 2.75) is 25.5 Å². The van der Waals surface area contributed by atoms with Crippen LogP contribution in [0.15, 0.2) is 44.1 Å². The fraction of sp³-hybridized carbons (Fsp3) is 0.235. The van der Waals surface area contributed by atoms with Crippen molar-refractivity contribution in [1.82, 2.24) is 9.55 Å². The topological polar surface area (TPSA) is 64.0 Å². The first-order chi connectivity index (χ1) is 12.0. The summed E-state index contributed by atoms with van der Waals surface area (Å²) in [4.78, 5) is 29.3. The van der Waals surface area contributed by atoms with E-state index in [9.17, 15) is 9.59 Å². The molecule has 0 aliphatic carbocycles. The van der Waals surface area contributed by atoms with E-state index in [0.717, 1.165) is 15.7 Å². The Labute approximate surface area is 161 Å². The molecule has 8 heteroatoms. The number of rotatable bonds is 5. The van der Waals surface area contributed by atoms with Gasteiger partial charge in [0.1, 0.15) is 4.70 Å². The van der Waals surface area contributed by atoms with E-state index in [4.69, 9.17) is 0 Å². The molecule has 130 valence electrons. The number of hydrogen-bond donors (Lipinski definition) is 1. The van der Waals surface area contributed by atoms with Gasteiger partial charge in [0.2, 0.25) is 5.91 Å². The number of nitrogens with zero attached hydrogens (tertiary/aromatic N) is 2. The van der Waals surface area contributed by atoms with Gasteiger partial charge in [0.05, 0.1) is 11.3 Å². The van der Waals surface area contributed by atoms with Gasteiger partial charge in [0.25, 0.3) is 5.56 Å². The highest BCUT2D eigenvalue weighted by Crippen LogP contribution is 2.23. The van der Waals surface area contributed by atoms with E-state index in [2.05, 4.69) is 26.2 Å². The molecule has 5 nitrogen and oxygen atoms in total. The van der Waals surface area contributed by atoms with Crippen LogP contribution in [0.5, 0.6) is 0 Å². The monoisotopic (exact) mass is 437 g/mol. The zero-order chi connectivity index (χ0) is 18.0. The number of anilines is 1. The summed E-state index contributed by atoms with van der Waals surface area (Å²) in [6, 6.07) is 7.52. The van der Waals surface area contributed by atoms with Gasteiger partial charge in [-0.05, 0) is 49.1 Å². The van der Waals surface area contributed by atoms with E-state index in [1.807, 2.05) is 43.5 Å². The maximum atomic E-state index is 12.5. The summed E-state index contributed by atoms with van der Waals surface area (Å²) in [5, 5.41) is 5.33. The van der Waals surface area contributed by atoms with Gasteiger partial charge in [-0.2, -0.15) is 0 Å². The fourth-order valence-corrected chi connectivity index (χ4v) is 4.51. The molecule has 1 amide bonds. The number of hydrogen-bond acceptors (Lipinski definition) is 5. The molecule has 0 spiro atoms. The molecule has 0 saturated heterocycles. The second-order valence-electron chi connectivity index (χ2n) is 5.37. The SMILES string of the molecule is CCn1c(SCC(=O)Nc2ccc(Br)cc2C)nc2ccsc2c1=O. The van der Waals surface area contributed by atoms with Crippen molar-refractivity contribution in [1.29, 1.82) is 0 Å². The maximum Gasteiger partial charge on any atom is 0.272 e. The summed E-state index contributed by atoms with van der Waals surface area (Å²) in [6.07, 6.45) is 0. The van der Waals surface area contributed by atoms with Crippen molar-refractivity contribution in [3.05, 3.63) is 50.0 Å². The van der Waals surface area contributed by atoms with Crippen molar-refractivity contribution >= 4 is 60.8 Å². The number of benzene rings is 1. The molecular weight excluding hydrogens is 422 g/mol. The normalized spacial score (nSPS) is 11.0. The van der Waals surface area contributed by atoms with E-state index < -0.39 is 0 Å². The number of carbonyl (C=O) groups excluding carboxylic acids is 1. The largest absolute Gasteiger partial charge is 0.325 e. The van der Waals surface area contributed by atoms with E-state index in [-0.39, 0.29) is 17.2 Å². The fourth-order valence-electron chi connectivity index (χ4n) is 2.40. The smallest absolute Gasteiger partial charge is 0.272 e. The first-order valence-electron chi connectivity index (χ1n) is 7.66. The third kappa shape index (κ3) is 3.96. The molecular formula is C17H16BrN3O2S2. The highest BCUT2D eigenvalue weighted by molar-refractivity contribution is 9.10. The van der Waals surface area contributed by atoms with Crippen LogP contribution in [-0.2, 0) is 11.3 Å². The number of halogens is 1. The van der Waals surface area contributed by atoms with Gasteiger partial charge < -0.3 is 5.32 Å². The van der Waals surface area contributed by atoms with Gasteiger partial charge in [-0.3, -0.25) is 14.2 Å². The number of thioether (sulfide) groups is 1. The number of thiophene rings is 1. The van der Waals surface area contributed by atoms with Crippen molar-refractivity contribution in [3.8, 4) is 0 Å². The van der Waals surface area contributed by atoms with E-state index in [1.165, 1.54) is 23.1 Å². The quantitative estimate of drug-likeness (QED) is 0.477. The zero-order valence-electron chi connectivity index (χ0n) is 13.7. The minimum absolute atomic E-state index is 0.0471.